The van der Waals surface area contributed by atoms with Crippen molar-refractivity contribution in [2.24, 2.45) is 0 Å². The van der Waals surface area contributed by atoms with E-state index in [-0.39, 0.29) is 5.56 Å². The molecule has 0 saturated carbocycles. The molecule has 1 aliphatic rings. The number of carboxylic acids is 1. The fourth-order valence-electron chi connectivity index (χ4n) is 2.69. The number of carboxylic acid groups (broad SMARTS) is 1. The Morgan fingerprint density at radius 3 is 2.94 bits per heavy atom. The number of carbonyl (C=O) groups is 1. The molecule has 0 radical (unpaired) electrons. The molecule has 1 saturated heterocycles. The van der Waals surface area contributed by atoms with Gasteiger partial charge in [0.05, 0.1) is 11.9 Å². The highest BCUT2D eigenvalue weighted by atomic mass is 16.4. The third kappa shape index (κ3) is 2.12. The Hall–Kier alpha value is -1.78. The van der Waals surface area contributed by atoms with Gasteiger partial charge in [-0.05, 0) is 32.3 Å². The minimum absolute atomic E-state index is 0.196. The van der Waals surface area contributed by atoms with Crippen LogP contribution in [0.5, 0.6) is 0 Å². The minimum atomic E-state index is -0.973. The van der Waals surface area contributed by atoms with E-state index in [9.17, 15) is 9.90 Å². The molecule has 2 rings (SSSR count). The number of rotatable bonds is 3. The van der Waals surface area contributed by atoms with Crippen LogP contribution >= 0.6 is 0 Å². The predicted octanol–water partition coefficient (Wildman–Crippen LogP) is 2.13. The number of aromatic carboxylic acids is 1. The van der Waals surface area contributed by atoms with Crippen molar-refractivity contribution < 1.29 is 9.90 Å². The predicted molar refractivity (Wildman–Crippen MR) is 70.9 cm³/mol. The van der Waals surface area contributed by atoms with Crippen molar-refractivity contribution in [3.8, 4) is 0 Å². The largest absolute Gasteiger partial charge is 0.478 e. The van der Waals surface area contributed by atoms with Crippen LogP contribution in [-0.2, 0) is 0 Å². The molecule has 18 heavy (non-hydrogen) atoms. The normalized spacial score (nSPS) is 23.3. The maximum atomic E-state index is 11.3. The van der Waals surface area contributed by atoms with Crippen LogP contribution in [-0.4, -0.2) is 28.1 Å². The van der Waals surface area contributed by atoms with Gasteiger partial charge in [-0.25, -0.2) is 9.78 Å². The van der Waals surface area contributed by atoms with E-state index in [1.54, 1.807) is 0 Å². The standard InChI is InChI=1S/C13H19N3O2/c1-3-10-5-4-8(2)16(10)12-11(13(17)18)6-9(14)7-15-12/h6-8,10H,3-5,14H2,1-2H3,(H,17,18). The van der Waals surface area contributed by atoms with Gasteiger partial charge in [-0.3, -0.25) is 0 Å². The number of aromatic nitrogens is 1. The van der Waals surface area contributed by atoms with Crippen molar-refractivity contribution in [1.82, 2.24) is 4.98 Å². The van der Waals surface area contributed by atoms with Crippen LogP contribution in [0.2, 0.25) is 0 Å². The molecule has 3 N–H and O–H groups in total. The van der Waals surface area contributed by atoms with Crippen LogP contribution < -0.4 is 10.6 Å². The number of hydrogen-bond donors (Lipinski definition) is 2. The first-order chi connectivity index (χ1) is 8.54. The zero-order valence-electron chi connectivity index (χ0n) is 10.8. The SMILES string of the molecule is CCC1CCC(C)N1c1ncc(N)cc1C(=O)O. The van der Waals surface area contributed by atoms with Gasteiger partial charge in [0.2, 0.25) is 0 Å². The van der Waals surface area contributed by atoms with Gasteiger partial charge in [-0.1, -0.05) is 6.92 Å². The first-order valence-corrected chi connectivity index (χ1v) is 6.31. The second kappa shape index (κ2) is 4.84. The van der Waals surface area contributed by atoms with Crippen molar-refractivity contribution in [3.05, 3.63) is 17.8 Å². The Kier molecular flexibility index (Phi) is 3.41. The molecular formula is C13H19N3O2. The molecule has 0 bridgehead atoms. The van der Waals surface area contributed by atoms with Gasteiger partial charge < -0.3 is 15.7 Å². The summed E-state index contributed by atoms with van der Waals surface area (Å²) >= 11 is 0. The molecule has 1 fully saturated rings. The number of nitrogens with two attached hydrogens (primary N) is 1. The number of pyridine rings is 1. The molecule has 0 aliphatic carbocycles. The fourth-order valence-corrected chi connectivity index (χ4v) is 2.69. The molecule has 2 unspecified atom stereocenters. The average Bonchev–Trinajstić information content (AvgIpc) is 2.70. The lowest BCUT2D eigenvalue weighted by Crippen LogP contribution is -2.36. The molecule has 0 aromatic carbocycles. The average molecular weight is 249 g/mol. The van der Waals surface area contributed by atoms with Gasteiger partial charge in [0.1, 0.15) is 11.4 Å². The number of nitrogen functional groups attached to an aromatic ring is 1. The number of hydrogen-bond acceptors (Lipinski definition) is 4. The number of anilines is 2. The van der Waals surface area contributed by atoms with E-state index in [0.717, 1.165) is 19.3 Å². The molecule has 1 aromatic heterocycles. The van der Waals surface area contributed by atoms with Crippen LogP contribution in [0.4, 0.5) is 11.5 Å². The fraction of sp³-hybridized carbons (Fsp3) is 0.538. The van der Waals surface area contributed by atoms with Gasteiger partial charge in [-0.2, -0.15) is 0 Å². The lowest BCUT2D eigenvalue weighted by atomic mass is 10.1. The van der Waals surface area contributed by atoms with Crippen molar-refractivity contribution in [2.75, 3.05) is 10.6 Å². The lowest BCUT2D eigenvalue weighted by Gasteiger charge is -2.30. The molecule has 2 heterocycles. The summed E-state index contributed by atoms with van der Waals surface area (Å²) in [7, 11) is 0. The molecule has 0 spiro atoms. The smallest absolute Gasteiger partial charge is 0.339 e. The molecule has 0 amide bonds. The first-order valence-electron chi connectivity index (χ1n) is 6.31. The molecule has 2 atom stereocenters. The quantitative estimate of drug-likeness (QED) is 0.857. The second-order valence-corrected chi connectivity index (χ2v) is 4.84. The van der Waals surface area contributed by atoms with E-state index in [4.69, 9.17) is 5.73 Å². The maximum absolute atomic E-state index is 11.3. The number of nitrogens with zero attached hydrogens (tertiary/aromatic N) is 2. The highest BCUT2D eigenvalue weighted by molar-refractivity contribution is 5.94. The summed E-state index contributed by atoms with van der Waals surface area (Å²) in [6.45, 7) is 4.23. The minimum Gasteiger partial charge on any atom is -0.478 e. The molecule has 98 valence electrons. The molecule has 1 aliphatic heterocycles. The molecular weight excluding hydrogens is 230 g/mol. The Labute approximate surface area is 107 Å². The summed E-state index contributed by atoms with van der Waals surface area (Å²) in [5.41, 5.74) is 6.20. The van der Waals surface area contributed by atoms with Gasteiger partial charge >= 0.3 is 5.97 Å². The summed E-state index contributed by atoms with van der Waals surface area (Å²) in [4.78, 5) is 17.7. The summed E-state index contributed by atoms with van der Waals surface area (Å²) in [6, 6.07) is 2.18. The van der Waals surface area contributed by atoms with Gasteiger partial charge in [0.25, 0.3) is 0 Å². The Morgan fingerprint density at radius 2 is 2.33 bits per heavy atom. The monoisotopic (exact) mass is 249 g/mol. The van der Waals surface area contributed by atoms with Gasteiger partial charge in [-0.15, -0.1) is 0 Å². The first kappa shape index (κ1) is 12.7. The van der Waals surface area contributed by atoms with E-state index in [0.29, 0.717) is 23.6 Å². The van der Waals surface area contributed by atoms with Crippen LogP contribution in [0.3, 0.4) is 0 Å². The van der Waals surface area contributed by atoms with Crippen LogP contribution in [0, 0.1) is 0 Å². The third-order valence-electron chi connectivity index (χ3n) is 3.62. The highest BCUT2D eigenvalue weighted by Crippen LogP contribution is 2.33. The highest BCUT2D eigenvalue weighted by Gasteiger charge is 2.32. The summed E-state index contributed by atoms with van der Waals surface area (Å²) in [5, 5.41) is 9.27. The zero-order chi connectivity index (χ0) is 13.3. The van der Waals surface area contributed by atoms with E-state index in [2.05, 4.69) is 23.7 Å². The molecule has 1 aromatic rings. The van der Waals surface area contributed by atoms with Crippen molar-refractivity contribution in [2.45, 2.75) is 45.2 Å². The third-order valence-corrected chi connectivity index (χ3v) is 3.62. The lowest BCUT2D eigenvalue weighted by molar-refractivity contribution is 0.0697. The van der Waals surface area contributed by atoms with Crippen molar-refractivity contribution >= 4 is 17.5 Å². The zero-order valence-corrected chi connectivity index (χ0v) is 10.8. The van der Waals surface area contributed by atoms with Crippen molar-refractivity contribution in [3.63, 3.8) is 0 Å². The Morgan fingerprint density at radius 1 is 1.61 bits per heavy atom. The summed E-state index contributed by atoms with van der Waals surface area (Å²) in [5.74, 6) is -0.424. The van der Waals surface area contributed by atoms with E-state index in [1.165, 1.54) is 12.3 Å². The Balaban J connectivity index is 2.46. The van der Waals surface area contributed by atoms with Crippen LogP contribution in [0.1, 0.15) is 43.5 Å². The van der Waals surface area contributed by atoms with E-state index < -0.39 is 5.97 Å². The summed E-state index contributed by atoms with van der Waals surface area (Å²) < 4.78 is 0. The van der Waals surface area contributed by atoms with Gasteiger partial charge in [0, 0.05) is 12.1 Å². The topological polar surface area (TPSA) is 79.5 Å². The van der Waals surface area contributed by atoms with Crippen molar-refractivity contribution in [1.29, 1.82) is 0 Å². The van der Waals surface area contributed by atoms with Gasteiger partial charge in [0.15, 0.2) is 0 Å². The molecule has 5 heteroatoms. The van der Waals surface area contributed by atoms with E-state index >= 15 is 0 Å². The summed E-state index contributed by atoms with van der Waals surface area (Å²) in [6.07, 6.45) is 4.68. The van der Waals surface area contributed by atoms with Crippen LogP contribution in [0.15, 0.2) is 12.3 Å². The molecule has 5 nitrogen and oxygen atoms in total. The second-order valence-electron chi connectivity index (χ2n) is 4.84. The van der Waals surface area contributed by atoms with Crippen LogP contribution in [0.25, 0.3) is 0 Å². The van der Waals surface area contributed by atoms with E-state index in [1.807, 2.05) is 0 Å². The Bertz CT molecular complexity index is 462. The maximum Gasteiger partial charge on any atom is 0.339 e.